The number of benzene rings is 1. The topological polar surface area (TPSA) is 53.2 Å². The third kappa shape index (κ3) is 3.31. The Morgan fingerprint density at radius 3 is 2.67 bits per heavy atom. The molecule has 2 rings (SSSR count). The van der Waals surface area contributed by atoms with Crippen LogP contribution in [0.4, 0.5) is 5.69 Å². The number of hydrogen-bond acceptors (Lipinski definition) is 3. The van der Waals surface area contributed by atoms with Crippen molar-refractivity contribution in [2.45, 2.75) is 26.3 Å². The van der Waals surface area contributed by atoms with Crippen molar-refractivity contribution < 1.29 is 4.79 Å². The fourth-order valence-electron chi connectivity index (χ4n) is 2.28. The number of piperazine rings is 1. The number of carbonyl (C=O) groups is 1. The van der Waals surface area contributed by atoms with Gasteiger partial charge in [0.2, 0.25) is 5.91 Å². The molecule has 98 valence electrons. The number of rotatable bonds is 3. The molecule has 0 aromatic heterocycles. The molecule has 1 aromatic rings. The molecule has 1 heterocycles. The summed E-state index contributed by atoms with van der Waals surface area (Å²) in [5, 5.41) is 9.65. The molecule has 18 heavy (non-hydrogen) atoms. The third-order valence-corrected chi connectivity index (χ3v) is 3.30. The van der Waals surface area contributed by atoms with Gasteiger partial charge >= 0.3 is 0 Å². The van der Waals surface area contributed by atoms with Crippen LogP contribution >= 0.6 is 0 Å². The van der Waals surface area contributed by atoms with Gasteiger partial charge in [0.15, 0.2) is 0 Å². The molecular weight excluding hydrogens is 226 g/mol. The van der Waals surface area contributed by atoms with Gasteiger partial charge in [0, 0.05) is 37.8 Å². The lowest BCUT2D eigenvalue weighted by molar-refractivity contribution is -0.116. The van der Waals surface area contributed by atoms with Gasteiger partial charge < -0.3 is 16.0 Å². The summed E-state index contributed by atoms with van der Waals surface area (Å²) in [4.78, 5) is 12.0. The Balaban J connectivity index is 1.94. The minimum absolute atomic E-state index is 0.0774. The van der Waals surface area contributed by atoms with Crippen molar-refractivity contribution >= 4 is 11.6 Å². The number of hydrogen-bond donors (Lipinski definition) is 3. The van der Waals surface area contributed by atoms with Crippen LogP contribution in [0.15, 0.2) is 18.2 Å². The van der Waals surface area contributed by atoms with E-state index in [1.165, 1.54) is 0 Å². The highest BCUT2D eigenvalue weighted by Gasteiger charge is 2.16. The van der Waals surface area contributed by atoms with Crippen LogP contribution in [0.25, 0.3) is 0 Å². The predicted molar refractivity (Wildman–Crippen MR) is 73.8 cm³/mol. The zero-order chi connectivity index (χ0) is 13.0. The maximum atomic E-state index is 12.0. The maximum Gasteiger partial charge on any atom is 0.226 e. The van der Waals surface area contributed by atoms with Crippen LogP contribution in [0.3, 0.4) is 0 Å². The molecule has 1 amide bonds. The molecular formula is C14H21N3O. The van der Waals surface area contributed by atoms with Crippen molar-refractivity contribution in [2.75, 3.05) is 25.0 Å². The van der Waals surface area contributed by atoms with Crippen molar-refractivity contribution in [3.63, 3.8) is 0 Å². The third-order valence-electron chi connectivity index (χ3n) is 3.30. The summed E-state index contributed by atoms with van der Waals surface area (Å²) in [5.74, 6) is 0.0774. The fourth-order valence-corrected chi connectivity index (χ4v) is 2.28. The van der Waals surface area contributed by atoms with E-state index in [1.807, 2.05) is 32.0 Å². The number of aryl methyl sites for hydroxylation is 2. The second kappa shape index (κ2) is 5.98. The molecule has 1 aromatic carbocycles. The number of para-hydroxylation sites is 1. The Hall–Kier alpha value is -1.39. The van der Waals surface area contributed by atoms with E-state index in [0.29, 0.717) is 6.42 Å². The van der Waals surface area contributed by atoms with Crippen LogP contribution in [-0.2, 0) is 4.79 Å². The molecule has 1 fully saturated rings. The van der Waals surface area contributed by atoms with Crippen LogP contribution in [0.5, 0.6) is 0 Å². The molecule has 0 spiro atoms. The van der Waals surface area contributed by atoms with E-state index in [0.717, 1.165) is 36.4 Å². The van der Waals surface area contributed by atoms with Gasteiger partial charge in [0.05, 0.1) is 0 Å². The Kier molecular flexibility index (Phi) is 4.33. The van der Waals surface area contributed by atoms with E-state index < -0.39 is 0 Å². The van der Waals surface area contributed by atoms with E-state index in [9.17, 15) is 4.79 Å². The molecule has 0 aliphatic carbocycles. The molecule has 0 bridgehead atoms. The van der Waals surface area contributed by atoms with Crippen molar-refractivity contribution in [2.24, 2.45) is 0 Å². The first-order valence-corrected chi connectivity index (χ1v) is 6.47. The van der Waals surface area contributed by atoms with Crippen LogP contribution in [0.1, 0.15) is 17.5 Å². The van der Waals surface area contributed by atoms with Gasteiger partial charge in [0.1, 0.15) is 0 Å². The summed E-state index contributed by atoms with van der Waals surface area (Å²) in [7, 11) is 0. The Bertz CT molecular complexity index is 405. The first-order valence-electron chi connectivity index (χ1n) is 6.47. The molecule has 3 N–H and O–H groups in total. The zero-order valence-corrected chi connectivity index (χ0v) is 11.0. The molecule has 4 nitrogen and oxygen atoms in total. The first kappa shape index (κ1) is 13.1. The minimum atomic E-state index is 0.0774. The smallest absolute Gasteiger partial charge is 0.226 e. The van der Waals surface area contributed by atoms with Gasteiger partial charge in [-0.1, -0.05) is 18.2 Å². The Morgan fingerprint density at radius 1 is 1.33 bits per heavy atom. The van der Waals surface area contributed by atoms with Crippen molar-refractivity contribution in [3.8, 4) is 0 Å². The van der Waals surface area contributed by atoms with Gasteiger partial charge in [-0.05, 0) is 25.0 Å². The van der Waals surface area contributed by atoms with Crippen LogP contribution < -0.4 is 16.0 Å². The Labute approximate surface area is 108 Å². The molecule has 4 heteroatoms. The molecule has 1 aliphatic rings. The quantitative estimate of drug-likeness (QED) is 0.752. The summed E-state index contributed by atoms with van der Waals surface area (Å²) in [6.07, 6.45) is 0.515. The Morgan fingerprint density at radius 2 is 2.06 bits per heavy atom. The van der Waals surface area contributed by atoms with Crippen molar-refractivity contribution in [1.82, 2.24) is 10.6 Å². The lowest BCUT2D eigenvalue weighted by Gasteiger charge is -2.24. The average Bonchev–Trinajstić information content (AvgIpc) is 2.35. The average molecular weight is 247 g/mol. The van der Waals surface area contributed by atoms with E-state index in [1.54, 1.807) is 0 Å². The fraction of sp³-hybridized carbons (Fsp3) is 0.500. The van der Waals surface area contributed by atoms with E-state index in [-0.39, 0.29) is 11.9 Å². The normalized spacial score (nSPS) is 19.6. The number of amides is 1. The molecule has 0 radical (unpaired) electrons. The van der Waals surface area contributed by atoms with E-state index in [2.05, 4.69) is 16.0 Å². The summed E-state index contributed by atoms with van der Waals surface area (Å²) in [6, 6.07) is 6.28. The molecule has 0 saturated carbocycles. The zero-order valence-electron chi connectivity index (χ0n) is 11.0. The van der Waals surface area contributed by atoms with Crippen LogP contribution in [0.2, 0.25) is 0 Å². The molecule has 1 saturated heterocycles. The SMILES string of the molecule is Cc1cccc(C)c1NC(=O)CC1CNCCN1. The molecule has 1 unspecified atom stereocenters. The summed E-state index contributed by atoms with van der Waals surface area (Å²) >= 11 is 0. The van der Waals surface area contributed by atoms with Gasteiger partial charge in [-0.2, -0.15) is 0 Å². The van der Waals surface area contributed by atoms with Crippen LogP contribution in [0, 0.1) is 13.8 Å². The van der Waals surface area contributed by atoms with Crippen molar-refractivity contribution in [3.05, 3.63) is 29.3 Å². The second-order valence-electron chi connectivity index (χ2n) is 4.87. The predicted octanol–water partition coefficient (Wildman–Crippen LogP) is 1.19. The number of nitrogens with one attached hydrogen (secondary N) is 3. The second-order valence-corrected chi connectivity index (χ2v) is 4.87. The highest BCUT2D eigenvalue weighted by atomic mass is 16.1. The van der Waals surface area contributed by atoms with E-state index in [4.69, 9.17) is 0 Å². The van der Waals surface area contributed by atoms with Gasteiger partial charge in [0.25, 0.3) is 0 Å². The van der Waals surface area contributed by atoms with E-state index >= 15 is 0 Å². The first-order chi connectivity index (χ1) is 8.66. The maximum absolute atomic E-state index is 12.0. The molecule has 1 atom stereocenters. The lowest BCUT2D eigenvalue weighted by Crippen LogP contribution is -2.49. The van der Waals surface area contributed by atoms with Gasteiger partial charge in [-0.25, -0.2) is 0 Å². The summed E-state index contributed by atoms with van der Waals surface area (Å²) in [5.41, 5.74) is 3.17. The number of carbonyl (C=O) groups excluding carboxylic acids is 1. The van der Waals surface area contributed by atoms with Gasteiger partial charge in [-0.3, -0.25) is 4.79 Å². The molecule has 1 aliphatic heterocycles. The van der Waals surface area contributed by atoms with Crippen LogP contribution in [-0.4, -0.2) is 31.6 Å². The highest BCUT2D eigenvalue weighted by Crippen LogP contribution is 2.19. The van der Waals surface area contributed by atoms with Gasteiger partial charge in [-0.15, -0.1) is 0 Å². The number of anilines is 1. The highest BCUT2D eigenvalue weighted by molar-refractivity contribution is 5.92. The summed E-state index contributed by atoms with van der Waals surface area (Å²) < 4.78 is 0. The van der Waals surface area contributed by atoms with Crippen molar-refractivity contribution in [1.29, 1.82) is 0 Å². The standard InChI is InChI=1S/C14H21N3O/c1-10-4-3-5-11(2)14(10)17-13(18)8-12-9-15-6-7-16-12/h3-5,12,15-16H,6-9H2,1-2H3,(H,17,18). The minimum Gasteiger partial charge on any atom is -0.326 e. The largest absolute Gasteiger partial charge is 0.326 e. The lowest BCUT2D eigenvalue weighted by atomic mass is 10.1. The monoisotopic (exact) mass is 247 g/mol. The summed E-state index contributed by atoms with van der Waals surface area (Å²) in [6.45, 7) is 6.81.